The fraction of sp³-hybridized carbons (Fsp3) is 0.750. The van der Waals surface area contributed by atoms with Gasteiger partial charge >= 0.3 is 0 Å². The monoisotopic (exact) mass is 127 g/mol. The molecular weight excluding hydrogens is 110 g/mol. The average molecular weight is 127 g/mol. The topological polar surface area (TPSA) is 26.0 Å². The fourth-order valence-electron chi connectivity index (χ4n) is 0.577. The minimum absolute atomic E-state index is 0.493. The highest BCUT2D eigenvalue weighted by Gasteiger charge is 1.96. The second kappa shape index (κ2) is 3.54. The van der Waals surface area contributed by atoms with Crippen molar-refractivity contribution in [2.75, 3.05) is 0 Å². The van der Waals surface area contributed by atoms with E-state index in [1.54, 1.807) is 0 Å². The summed E-state index contributed by atoms with van der Waals surface area (Å²) < 4.78 is 0. The van der Waals surface area contributed by atoms with E-state index in [-0.39, 0.29) is 0 Å². The van der Waals surface area contributed by atoms with Crippen LogP contribution >= 0.6 is 0 Å². The molecule has 0 saturated heterocycles. The van der Waals surface area contributed by atoms with Gasteiger partial charge in [0.2, 0.25) is 0 Å². The molecule has 0 aromatic carbocycles. The Hall–Kier alpha value is -0.460. The zero-order valence-electron chi connectivity index (χ0n) is 6.81. The maximum Gasteiger partial charge on any atom is 0.00685 e. The minimum Gasteiger partial charge on any atom is -0.402 e. The van der Waals surface area contributed by atoms with Gasteiger partial charge < -0.3 is 5.73 Å². The van der Waals surface area contributed by atoms with Crippen LogP contribution in [0.5, 0.6) is 0 Å². The maximum atomic E-state index is 5.68. The van der Waals surface area contributed by atoms with Crippen LogP contribution in [0.15, 0.2) is 11.8 Å². The van der Waals surface area contributed by atoms with E-state index in [2.05, 4.69) is 33.8 Å². The first kappa shape index (κ1) is 8.54. The Morgan fingerprint density at radius 3 is 1.78 bits per heavy atom. The summed E-state index contributed by atoms with van der Waals surface area (Å²) in [7, 11) is 0. The Bertz CT molecular complexity index is 101. The van der Waals surface area contributed by atoms with E-state index in [0.29, 0.717) is 11.8 Å². The Morgan fingerprint density at radius 2 is 1.67 bits per heavy atom. The Balaban J connectivity index is 3.84. The molecule has 0 aliphatic carbocycles. The van der Waals surface area contributed by atoms with Crippen LogP contribution in [-0.4, -0.2) is 0 Å². The quantitative estimate of drug-likeness (QED) is 0.604. The molecule has 0 unspecified atom stereocenters. The molecule has 54 valence electrons. The molecule has 0 fully saturated rings. The van der Waals surface area contributed by atoms with E-state index in [0.717, 1.165) is 5.70 Å². The van der Waals surface area contributed by atoms with Crippen LogP contribution in [0.2, 0.25) is 0 Å². The molecule has 1 nitrogen and oxygen atoms in total. The van der Waals surface area contributed by atoms with Crippen LogP contribution in [0.4, 0.5) is 0 Å². The lowest BCUT2D eigenvalue weighted by atomic mass is 10.1. The van der Waals surface area contributed by atoms with Crippen molar-refractivity contribution in [2.45, 2.75) is 27.7 Å². The minimum atomic E-state index is 0.493. The highest BCUT2D eigenvalue weighted by Crippen LogP contribution is 2.05. The van der Waals surface area contributed by atoms with Crippen molar-refractivity contribution in [3.8, 4) is 0 Å². The van der Waals surface area contributed by atoms with E-state index in [9.17, 15) is 0 Å². The first-order valence-corrected chi connectivity index (χ1v) is 3.51. The lowest BCUT2D eigenvalue weighted by Crippen LogP contribution is -2.05. The number of rotatable bonds is 2. The van der Waals surface area contributed by atoms with E-state index in [1.807, 2.05) is 0 Å². The largest absolute Gasteiger partial charge is 0.402 e. The van der Waals surface area contributed by atoms with E-state index >= 15 is 0 Å². The van der Waals surface area contributed by atoms with E-state index < -0.39 is 0 Å². The van der Waals surface area contributed by atoms with Crippen LogP contribution in [0.1, 0.15) is 27.7 Å². The van der Waals surface area contributed by atoms with Crippen LogP contribution in [0.3, 0.4) is 0 Å². The van der Waals surface area contributed by atoms with E-state index in [4.69, 9.17) is 5.73 Å². The van der Waals surface area contributed by atoms with Crippen molar-refractivity contribution in [3.05, 3.63) is 11.8 Å². The highest BCUT2D eigenvalue weighted by molar-refractivity contribution is 5.00. The number of hydrogen-bond donors (Lipinski definition) is 1. The normalized spacial score (nSPS) is 13.3. The van der Waals surface area contributed by atoms with Crippen LogP contribution in [0, 0.1) is 11.8 Å². The SMILES string of the molecule is CC(C)/C=C(/N)C(C)C. The summed E-state index contributed by atoms with van der Waals surface area (Å²) in [5.41, 5.74) is 6.68. The van der Waals surface area contributed by atoms with E-state index in [1.165, 1.54) is 0 Å². The van der Waals surface area contributed by atoms with Gasteiger partial charge in [-0.1, -0.05) is 33.8 Å². The standard InChI is InChI=1S/C8H17N/c1-6(2)5-8(9)7(3)4/h5-7H,9H2,1-4H3/b8-5+. The molecule has 9 heavy (non-hydrogen) atoms. The summed E-state index contributed by atoms with van der Waals surface area (Å²) in [6.45, 7) is 8.48. The summed E-state index contributed by atoms with van der Waals surface area (Å²) in [6, 6.07) is 0. The molecule has 0 atom stereocenters. The van der Waals surface area contributed by atoms with Gasteiger partial charge in [-0.15, -0.1) is 0 Å². The molecule has 2 N–H and O–H groups in total. The van der Waals surface area contributed by atoms with Gasteiger partial charge in [-0.25, -0.2) is 0 Å². The van der Waals surface area contributed by atoms with Gasteiger partial charge in [0.15, 0.2) is 0 Å². The summed E-state index contributed by atoms with van der Waals surface area (Å²) in [5, 5.41) is 0. The second-order valence-corrected chi connectivity index (χ2v) is 3.07. The molecule has 0 aromatic heterocycles. The van der Waals surface area contributed by atoms with Gasteiger partial charge in [0.05, 0.1) is 0 Å². The molecule has 1 heteroatoms. The van der Waals surface area contributed by atoms with Gasteiger partial charge in [-0.2, -0.15) is 0 Å². The Kier molecular flexibility index (Phi) is 3.36. The molecule has 0 amide bonds. The molecule has 0 heterocycles. The number of hydrogen-bond acceptors (Lipinski definition) is 1. The third-order valence-corrected chi connectivity index (χ3v) is 1.19. The zero-order chi connectivity index (χ0) is 7.44. The number of nitrogens with two attached hydrogens (primary N) is 1. The number of allylic oxidation sites excluding steroid dienone is 2. The first-order valence-electron chi connectivity index (χ1n) is 3.51. The van der Waals surface area contributed by atoms with Crippen molar-refractivity contribution >= 4 is 0 Å². The van der Waals surface area contributed by atoms with Crippen molar-refractivity contribution in [2.24, 2.45) is 17.6 Å². The summed E-state index contributed by atoms with van der Waals surface area (Å²) in [5.74, 6) is 1.07. The lowest BCUT2D eigenvalue weighted by molar-refractivity contribution is 0.721. The van der Waals surface area contributed by atoms with Crippen molar-refractivity contribution in [3.63, 3.8) is 0 Å². The third kappa shape index (κ3) is 4.07. The molecular formula is C8H17N. The maximum absolute atomic E-state index is 5.68. The molecule has 0 aliphatic rings. The predicted octanol–water partition coefficient (Wildman–Crippen LogP) is 2.14. The smallest absolute Gasteiger partial charge is 0.00685 e. The van der Waals surface area contributed by atoms with Crippen LogP contribution in [0.25, 0.3) is 0 Å². The zero-order valence-corrected chi connectivity index (χ0v) is 6.81. The van der Waals surface area contributed by atoms with Gasteiger partial charge in [0, 0.05) is 5.70 Å². The Morgan fingerprint density at radius 1 is 1.22 bits per heavy atom. The van der Waals surface area contributed by atoms with Crippen LogP contribution < -0.4 is 5.73 Å². The first-order chi connectivity index (χ1) is 4.04. The van der Waals surface area contributed by atoms with Crippen molar-refractivity contribution < 1.29 is 0 Å². The summed E-state index contributed by atoms with van der Waals surface area (Å²) in [4.78, 5) is 0. The molecule has 0 radical (unpaired) electrons. The fourth-order valence-corrected chi connectivity index (χ4v) is 0.577. The molecule has 0 saturated carbocycles. The van der Waals surface area contributed by atoms with Crippen molar-refractivity contribution in [1.82, 2.24) is 0 Å². The third-order valence-electron chi connectivity index (χ3n) is 1.19. The van der Waals surface area contributed by atoms with Gasteiger partial charge in [0.1, 0.15) is 0 Å². The molecule has 0 aliphatic heterocycles. The molecule has 0 rings (SSSR count). The molecule has 0 spiro atoms. The van der Waals surface area contributed by atoms with Gasteiger partial charge in [0.25, 0.3) is 0 Å². The van der Waals surface area contributed by atoms with Gasteiger partial charge in [-0.3, -0.25) is 0 Å². The van der Waals surface area contributed by atoms with Crippen molar-refractivity contribution in [1.29, 1.82) is 0 Å². The van der Waals surface area contributed by atoms with Crippen LogP contribution in [-0.2, 0) is 0 Å². The van der Waals surface area contributed by atoms with Gasteiger partial charge in [-0.05, 0) is 11.8 Å². The predicted molar refractivity (Wildman–Crippen MR) is 41.9 cm³/mol. The average Bonchev–Trinajstić information content (AvgIpc) is 1.63. The highest BCUT2D eigenvalue weighted by atomic mass is 14.6. The molecule has 0 bridgehead atoms. The second-order valence-electron chi connectivity index (χ2n) is 3.07. The summed E-state index contributed by atoms with van der Waals surface area (Å²) in [6.07, 6.45) is 2.10. The lowest BCUT2D eigenvalue weighted by Gasteiger charge is -2.05. The summed E-state index contributed by atoms with van der Waals surface area (Å²) >= 11 is 0. The molecule has 0 aromatic rings. The Labute approximate surface area is 57.9 Å².